The molecule has 0 saturated carbocycles. The minimum atomic E-state index is -3.50. The van der Waals surface area contributed by atoms with Gasteiger partial charge in [-0.3, -0.25) is 4.98 Å². The van der Waals surface area contributed by atoms with Crippen LogP contribution in [0, 0.1) is 0 Å². The van der Waals surface area contributed by atoms with Crippen LogP contribution in [0.2, 0.25) is 0 Å². The van der Waals surface area contributed by atoms with Crippen LogP contribution >= 0.6 is 0 Å². The molecule has 0 amide bonds. The fourth-order valence-electron chi connectivity index (χ4n) is 1.76. The van der Waals surface area contributed by atoms with Gasteiger partial charge in [0.15, 0.2) is 0 Å². The molecule has 1 N–H and O–H groups in total. The first-order valence-electron chi connectivity index (χ1n) is 6.61. The quantitative estimate of drug-likeness (QED) is 0.779. The van der Waals surface area contributed by atoms with Gasteiger partial charge in [-0.15, -0.1) is 0 Å². The van der Waals surface area contributed by atoms with E-state index in [1.165, 1.54) is 20.2 Å². The zero-order chi connectivity index (χ0) is 15.3. The molecule has 0 aromatic carbocycles. The van der Waals surface area contributed by atoms with Gasteiger partial charge in [0.05, 0.1) is 6.54 Å². The summed E-state index contributed by atoms with van der Waals surface area (Å²) in [6.45, 7) is 1.26. The molecule has 0 aliphatic heterocycles. The van der Waals surface area contributed by atoms with Crippen molar-refractivity contribution >= 4 is 10.0 Å². The second-order valence-corrected chi connectivity index (χ2v) is 6.88. The van der Waals surface area contributed by atoms with Crippen LogP contribution in [0.3, 0.4) is 0 Å². The summed E-state index contributed by atoms with van der Waals surface area (Å²) >= 11 is 0. The molecular formula is C14H19N3O3S. The van der Waals surface area contributed by atoms with E-state index >= 15 is 0 Å². The first-order chi connectivity index (χ1) is 10.00. The molecule has 0 spiro atoms. The number of rotatable bonds is 7. The summed E-state index contributed by atoms with van der Waals surface area (Å²) in [4.78, 5) is 4.05. The molecule has 0 aliphatic carbocycles. The first kappa shape index (κ1) is 15.7. The van der Waals surface area contributed by atoms with E-state index in [1.54, 1.807) is 12.3 Å². The fourth-order valence-corrected chi connectivity index (χ4v) is 2.57. The number of hydrogen-bond acceptors (Lipinski definition) is 5. The molecule has 0 atom stereocenters. The van der Waals surface area contributed by atoms with E-state index in [1.807, 2.05) is 18.3 Å². The Morgan fingerprint density at radius 3 is 2.76 bits per heavy atom. The summed E-state index contributed by atoms with van der Waals surface area (Å²) in [5, 5.41) is 3.18. The number of aromatic nitrogens is 1. The van der Waals surface area contributed by atoms with Gasteiger partial charge in [-0.2, -0.15) is 0 Å². The molecule has 0 fully saturated rings. The lowest BCUT2D eigenvalue weighted by molar-refractivity contribution is 0.389. The minimum Gasteiger partial charge on any atom is -0.447 e. The first-order valence-corrected chi connectivity index (χ1v) is 8.05. The van der Waals surface area contributed by atoms with E-state index < -0.39 is 10.0 Å². The van der Waals surface area contributed by atoms with E-state index in [2.05, 4.69) is 10.3 Å². The smallest absolute Gasteiger partial charge is 0.275 e. The Bertz CT molecular complexity index is 666. The van der Waals surface area contributed by atoms with E-state index in [4.69, 9.17) is 4.42 Å². The summed E-state index contributed by atoms with van der Waals surface area (Å²) in [6, 6.07) is 7.07. The number of sulfonamides is 1. The van der Waals surface area contributed by atoms with Crippen molar-refractivity contribution in [3.05, 3.63) is 48.0 Å². The van der Waals surface area contributed by atoms with Gasteiger partial charge in [-0.1, -0.05) is 6.07 Å². The van der Waals surface area contributed by atoms with Crippen molar-refractivity contribution in [1.29, 1.82) is 0 Å². The lowest BCUT2D eigenvalue weighted by atomic mass is 10.2. The van der Waals surface area contributed by atoms with Crippen LogP contribution < -0.4 is 5.32 Å². The summed E-state index contributed by atoms with van der Waals surface area (Å²) in [7, 11) is -0.547. The Balaban J connectivity index is 1.84. The zero-order valence-corrected chi connectivity index (χ0v) is 12.9. The average molecular weight is 309 g/mol. The Morgan fingerprint density at radius 1 is 1.29 bits per heavy atom. The van der Waals surface area contributed by atoms with E-state index in [0.717, 1.165) is 22.8 Å². The molecule has 2 aromatic rings. The van der Waals surface area contributed by atoms with Gasteiger partial charge in [0.1, 0.15) is 5.76 Å². The predicted molar refractivity (Wildman–Crippen MR) is 79.2 cm³/mol. The maximum atomic E-state index is 11.9. The number of pyridine rings is 1. The highest BCUT2D eigenvalue weighted by atomic mass is 32.2. The Kier molecular flexibility index (Phi) is 5.11. The Hall–Kier alpha value is -1.70. The highest BCUT2D eigenvalue weighted by Gasteiger charge is 2.21. The normalized spacial score (nSPS) is 12.0. The van der Waals surface area contributed by atoms with Crippen LogP contribution in [0.25, 0.3) is 0 Å². The molecular weight excluding hydrogens is 290 g/mol. The van der Waals surface area contributed by atoms with Crippen molar-refractivity contribution in [2.24, 2.45) is 0 Å². The molecule has 0 unspecified atom stereocenters. The van der Waals surface area contributed by atoms with Gasteiger partial charge in [-0.25, -0.2) is 12.7 Å². The highest BCUT2D eigenvalue weighted by Crippen LogP contribution is 2.16. The summed E-state index contributed by atoms with van der Waals surface area (Å²) in [5.74, 6) is 0.599. The van der Waals surface area contributed by atoms with Gasteiger partial charge >= 0.3 is 0 Å². The maximum absolute atomic E-state index is 11.9. The van der Waals surface area contributed by atoms with Crippen molar-refractivity contribution < 1.29 is 12.8 Å². The monoisotopic (exact) mass is 309 g/mol. The lowest BCUT2D eigenvalue weighted by Gasteiger charge is -2.08. The lowest BCUT2D eigenvalue weighted by Crippen LogP contribution is -2.21. The highest BCUT2D eigenvalue weighted by molar-refractivity contribution is 7.88. The Labute approximate surface area is 124 Å². The zero-order valence-electron chi connectivity index (χ0n) is 12.1. The van der Waals surface area contributed by atoms with Crippen molar-refractivity contribution in [2.75, 3.05) is 20.6 Å². The van der Waals surface area contributed by atoms with Gasteiger partial charge in [0.2, 0.25) is 5.09 Å². The molecule has 0 radical (unpaired) electrons. The summed E-state index contributed by atoms with van der Waals surface area (Å²) in [6.07, 6.45) is 4.43. The topological polar surface area (TPSA) is 75.4 Å². The van der Waals surface area contributed by atoms with Gasteiger partial charge < -0.3 is 9.73 Å². The molecule has 21 heavy (non-hydrogen) atoms. The van der Waals surface area contributed by atoms with E-state index in [-0.39, 0.29) is 5.09 Å². The fraction of sp³-hybridized carbons (Fsp3) is 0.357. The molecule has 2 aromatic heterocycles. The molecule has 2 rings (SSSR count). The number of furan rings is 1. The minimum absolute atomic E-state index is 0.0310. The van der Waals surface area contributed by atoms with Crippen LogP contribution in [0.4, 0.5) is 0 Å². The molecule has 0 bridgehead atoms. The third-order valence-electron chi connectivity index (χ3n) is 2.98. The van der Waals surface area contributed by atoms with Crippen molar-refractivity contribution in [3.8, 4) is 0 Å². The van der Waals surface area contributed by atoms with E-state index in [9.17, 15) is 8.42 Å². The third kappa shape index (κ3) is 4.13. The third-order valence-corrected chi connectivity index (χ3v) is 4.67. The second kappa shape index (κ2) is 6.84. The predicted octanol–water partition coefficient (Wildman–Crippen LogP) is 1.26. The van der Waals surface area contributed by atoms with Gasteiger partial charge in [0.25, 0.3) is 10.0 Å². The van der Waals surface area contributed by atoms with Crippen LogP contribution in [-0.2, 0) is 23.0 Å². The maximum Gasteiger partial charge on any atom is 0.275 e. The van der Waals surface area contributed by atoms with Crippen molar-refractivity contribution in [1.82, 2.24) is 14.6 Å². The average Bonchev–Trinajstić information content (AvgIpc) is 2.94. The van der Waals surface area contributed by atoms with Crippen molar-refractivity contribution in [3.63, 3.8) is 0 Å². The Morgan fingerprint density at radius 2 is 2.10 bits per heavy atom. The van der Waals surface area contributed by atoms with Crippen molar-refractivity contribution in [2.45, 2.75) is 18.1 Å². The molecule has 7 heteroatoms. The van der Waals surface area contributed by atoms with Gasteiger partial charge in [0, 0.05) is 26.5 Å². The van der Waals surface area contributed by atoms with Crippen LogP contribution in [0.15, 0.2) is 46.2 Å². The molecule has 0 aliphatic rings. The molecule has 6 nitrogen and oxygen atoms in total. The van der Waals surface area contributed by atoms with Gasteiger partial charge in [-0.05, 0) is 36.7 Å². The SMILES string of the molecule is CN(C)S(=O)(=O)c1ccc(CNCCc2cccnc2)o1. The van der Waals surface area contributed by atoms with E-state index in [0.29, 0.717) is 12.3 Å². The second-order valence-electron chi connectivity index (χ2n) is 4.80. The molecule has 0 saturated heterocycles. The molecule has 114 valence electrons. The molecule has 2 heterocycles. The number of nitrogens with one attached hydrogen (secondary N) is 1. The summed E-state index contributed by atoms with van der Waals surface area (Å²) in [5.41, 5.74) is 1.15. The number of nitrogens with zero attached hydrogens (tertiary/aromatic N) is 2. The summed E-state index contributed by atoms with van der Waals surface area (Å²) < 4.78 is 30.2. The van der Waals surface area contributed by atoms with Crippen LogP contribution in [-0.4, -0.2) is 38.3 Å². The van der Waals surface area contributed by atoms with Crippen LogP contribution in [0.5, 0.6) is 0 Å². The standard InChI is InChI=1S/C14H19N3O3S/c1-17(2)21(18,19)14-6-5-13(20-14)11-16-9-7-12-4-3-8-15-10-12/h3-6,8,10,16H,7,9,11H2,1-2H3. The largest absolute Gasteiger partial charge is 0.447 e. The van der Waals surface area contributed by atoms with Crippen LogP contribution in [0.1, 0.15) is 11.3 Å². The number of hydrogen-bond donors (Lipinski definition) is 1.